The van der Waals surface area contributed by atoms with Gasteiger partial charge in [0.2, 0.25) is 0 Å². The molecule has 21 heavy (non-hydrogen) atoms. The van der Waals surface area contributed by atoms with E-state index in [0.29, 0.717) is 5.56 Å². The van der Waals surface area contributed by atoms with Crippen molar-refractivity contribution in [3.63, 3.8) is 0 Å². The van der Waals surface area contributed by atoms with Crippen molar-refractivity contribution >= 4 is 17.3 Å². The fourth-order valence-electron chi connectivity index (χ4n) is 2.00. The molecule has 2 rings (SSSR count). The first-order valence-electron chi connectivity index (χ1n) is 7.17. The maximum absolute atomic E-state index is 12.3. The van der Waals surface area contributed by atoms with Gasteiger partial charge in [-0.05, 0) is 43.5 Å². The Hall–Kier alpha value is -2.36. The van der Waals surface area contributed by atoms with E-state index in [0.717, 1.165) is 35.5 Å². The minimum Gasteiger partial charge on any atom is -0.384 e. The lowest BCUT2D eigenvalue weighted by Crippen LogP contribution is -2.14. The topological polar surface area (TPSA) is 54.0 Å². The molecule has 1 heterocycles. The van der Waals surface area contributed by atoms with Crippen LogP contribution in [0.25, 0.3) is 0 Å². The van der Waals surface area contributed by atoms with Crippen molar-refractivity contribution in [3.8, 4) is 0 Å². The van der Waals surface area contributed by atoms with Crippen LogP contribution in [0.15, 0.2) is 36.7 Å². The largest absolute Gasteiger partial charge is 0.384 e. The molecule has 0 aliphatic rings. The lowest BCUT2D eigenvalue weighted by Gasteiger charge is -2.10. The summed E-state index contributed by atoms with van der Waals surface area (Å²) in [5.74, 6) is -0.142. The van der Waals surface area contributed by atoms with Gasteiger partial charge in [-0.25, -0.2) is 0 Å². The predicted molar refractivity (Wildman–Crippen MR) is 86.9 cm³/mol. The molecule has 4 nitrogen and oxygen atoms in total. The zero-order valence-electron chi connectivity index (χ0n) is 12.7. The van der Waals surface area contributed by atoms with Gasteiger partial charge in [0.1, 0.15) is 0 Å². The number of benzene rings is 1. The van der Waals surface area contributed by atoms with Crippen molar-refractivity contribution in [2.75, 3.05) is 17.2 Å². The van der Waals surface area contributed by atoms with Crippen LogP contribution in [0.1, 0.15) is 34.8 Å². The van der Waals surface area contributed by atoms with E-state index >= 15 is 0 Å². The maximum Gasteiger partial charge on any atom is 0.257 e. The summed E-state index contributed by atoms with van der Waals surface area (Å²) in [5.41, 5.74) is 4.42. The smallest absolute Gasteiger partial charge is 0.257 e. The Labute approximate surface area is 125 Å². The number of carbonyl (C=O) groups excluding carboxylic acids is 1. The van der Waals surface area contributed by atoms with Crippen LogP contribution >= 0.6 is 0 Å². The number of hydrogen-bond donors (Lipinski definition) is 2. The van der Waals surface area contributed by atoms with E-state index in [9.17, 15) is 4.79 Å². The van der Waals surface area contributed by atoms with E-state index in [1.54, 1.807) is 12.4 Å². The van der Waals surface area contributed by atoms with Gasteiger partial charge in [-0.1, -0.05) is 19.1 Å². The average molecular weight is 283 g/mol. The number of nitrogens with one attached hydrogen (secondary N) is 2. The predicted octanol–water partition coefficient (Wildman–Crippen LogP) is 3.77. The highest BCUT2D eigenvalue weighted by molar-refractivity contribution is 6.05. The second-order valence-corrected chi connectivity index (χ2v) is 5.16. The molecular formula is C17H21N3O. The first kappa shape index (κ1) is 15.0. The zero-order valence-corrected chi connectivity index (χ0v) is 12.7. The standard InChI is InChI=1S/C17H21N3O/c1-4-7-19-15-9-14(10-18-11-15)17(21)20-16-8-12(2)5-6-13(16)3/h5-6,8-11,19H,4,7H2,1-3H3,(H,20,21). The lowest BCUT2D eigenvalue weighted by molar-refractivity contribution is 0.102. The van der Waals surface area contributed by atoms with Crippen molar-refractivity contribution in [1.29, 1.82) is 0 Å². The number of amides is 1. The van der Waals surface area contributed by atoms with Crippen molar-refractivity contribution in [3.05, 3.63) is 53.3 Å². The molecule has 0 unspecified atom stereocenters. The van der Waals surface area contributed by atoms with Gasteiger partial charge in [-0.3, -0.25) is 9.78 Å². The molecular weight excluding hydrogens is 262 g/mol. The van der Waals surface area contributed by atoms with Gasteiger partial charge in [-0.15, -0.1) is 0 Å². The monoisotopic (exact) mass is 283 g/mol. The number of anilines is 2. The van der Waals surface area contributed by atoms with Gasteiger partial charge >= 0.3 is 0 Å². The number of hydrogen-bond acceptors (Lipinski definition) is 3. The van der Waals surface area contributed by atoms with Crippen LogP contribution in [-0.4, -0.2) is 17.4 Å². The Bertz CT molecular complexity index is 638. The first-order chi connectivity index (χ1) is 10.1. The highest BCUT2D eigenvalue weighted by Gasteiger charge is 2.09. The zero-order chi connectivity index (χ0) is 15.2. The Morgan fingerprint density at radius 1 is 1.19 bits per heavy atom. The van der Waals surface area contributed by atoms with E-state index < -0.39 is 0 Å². The highest BCUT2D eigenvalue weighted by atomic mass is 16.1. The van der Waals surface area contributed by atoms with Gasteiger partial charge in [-0.2, -0.15) is 0 Å². The van der Waals surface area contributed by atoms with Crippen LogP contribution in [0.3, 0.4) is 0 Å². The third kappa shape index (κ3) is 4.05. The molecule has 0 radical (unpaired) electrons. The van der Waals surface area contributed by atoms with Crippen LogP contribution < -0.4 is 10.6 Å². The van der Waals surface area contributed by atoms with E-state index in [2.05, 4.69) is 22.5 Å². The molecule has 110 valence electrons. The molecule has 0 atom stereocenters. The molecule has 0 saturated carbocycles. The molecule has 2 aromatic rings. The number of aryl methyl sites for hydroxylation is 2. The number of pyridine rings is 1. The summed E-state index contributed by atoms with van der Waals surface area (Å²) in [6, 6.07) is 7.83. The fraction of sp³-hybridized carbons (Fsp3) is 0.294. The fourth-order valence-corrected chi connectivity index (χ4v) is 2.00. The second kappa shape index (κ2) is 6.88. The van der Waals surface area contributed by atoms with Crippen LogP contribution in [0.5, 0.6) is 0 Å². The molecule has 4 heteroatoms. The van der Waals surface area contributed by atoms with Crippen LogP contribution in [-0.2, 0) is 0 Å². The summed E-state index contributed by atoms with van der Waals surface area (Å²) in [5, 5.41) is 6.18. The lowest BCUT2D eigenvalue weighted by atomic mass is 10.1. The van der Waals surface area contributed by atoms with Crippen LogP contribution in [0, 0.1) is 13.8 Å². The molecule has 1 aromatic carbocycles. The van der Waals surface area contributed by atoms with E-state index in [1.165, 1.54) is 0 Å². The average Bonchev–Trinajstić information content (AvgIpc) is 2.49. The molecule has 0 fully saturated rings. The molecule has 0 spiro atoms. The maximum atomic E-state index is 12.3. The number of carbonyl (C=O) groups is 1. The minimum atomic E-state index is -0.142. The Morgan fingerprint density at radius 2 is 2.00 bits per heavy atom. The SMILES string of the molecule is CCCNc1cncc(C(=O)Nc2cc(C)ccc2C)c1. The second-order valence-electron chi connectivity index (χ2n) is 5.16. The number of aromatic nitrogens is 1. The third-order valence-corrected chi connectivity index (χ3v) is 3.22. The quantitative estimate of drug-likeness (QED) is 0.878. The summed E-state index contributed by atoms with van der Waals surface area (Å²) in [6.07, 6.45) is 4.33. The van der Waals surface area contributed by atoms with E-state index in [4.69, 9.17) is 0 Å². The van der Waals surface area contributed by atoms with Crippen molar-refractivity contribution in [2.45, 2.75) is 27.2 Å². The van der Waals surface area contributed by atoms with Crippen molar-refractivity contribution in [1.82, 2.24) is 4.98 Å². The molecule has 0 aliphatic heterocycles. The first-order valence-corrected chi connectivity index (χ1v) is 7.17. The molecule has 1 aromatic heterocycles. The summed E-state index contributed by atoms with van der Waals surface area (Å²) in [6.45, 7) is 6.94. The van der Waals surface area contributed by atoms with Crippen molar-refractivity contribution in [2.24, 2.45) is 0 Å². The minimum absolute atomic E-state index is 0.142. The Balaban J connectivity index is 2.14. The third-order valence-electron chi connectivity index (χ3n) is 3.22. The summed E-state index contributed by atoms with van der Waals surface area (Å²) in [7, 11) is 0. The number of rotatable bonds is 5. The molecule has 0 aliphatic carbocycles. The van der Waals surface area contributed by atoms with Gasteiger partial charge in [0.25, 0.3) is 5.91 Å². The van der Waals surface area contributed by atoms with Crippen molar-refractivity contribution < 1.29 is 4.79 Å². The molecule has 1 amide bonds. The van der Waals surface area contributed by atoms with Gasteiger partial charge in [0, 0.05) is 24.6 Å². The summed E-state index contributed by atoms with van der Waals surface area (Å²) < 4.78 is 0. The highest BCUT2D eigenvalue weighted by Crippen LogP contribution is 2.18. The Kier molecular flexibility index (Phi) is 4.93. The number of nitrogens with zero attached hydrogens (tertiary/aromatic N) is 1. The van der Waals surface area contributed by atoms with Gasteiger partial charge in [0.05, 0.1) is 11.3 Å². The van der Waals surface area contributed by atoms with Gasteiger partial charge < -0.3 is 10.6 Å². The van der Waals surface area contributed by atoms with Crippen LogP contribution in [0.2, 0.25) is 0 Å². The molecule has 0 saturated heterocycles. The summed E-state index contributed by atoms with van der Waals surface area (Å²) in [4.78, 5) is 16.4. The van der Waals surface area contributed by atoms with E-state index in [-0.39, 0.29) is 5.91 Å². The molecule has 2 N–H and O–H groups in total. The van der Waals surface area contributed by atoms with E-state index in [1.807, 2.05) is 38.1 Å². The van der Waals surface area contributed by atoms with Gasteiger partial charge in [0.15, 0.2) is 0 Å². The van der Waals surface area contributed by atoms with Crippen LogP contribution in [0.4, 0.5) is 11.4 Å². The Morgan fingerprint density at radius 3 is 2.76 bits per heavy atom. The normalized spacial score (nSPS) is 10.2. The summed E-state index contributed by atoms with van der Waals surface area (Å²) >= 11 is 0. The molecule has 0 bridgehead atoms.